The van der Waals surface area contributed by atoms with Gasteiger partial charge >= 0.3 is 5.97 Å². The minimum absolute atomic E-state index is 0.473. The van der Waals surface area contributed by atoms with Crippen molar-refractivity contribution in [3.63, 3.8) is 0 Å². The van der Waals surface area contributed by atoms with E-state index >= 15 is 0 Å². The maximum atomic E-state index is 11.6. The van der Waals surface area contributed by atoms with Crippen LogP contribution < -0.4 is 0 Å². The Kier molecular flexibility index (Phi) is 4.31. The predicted molar refractivity (Wildman–Crippen MR) is 72.6 cm³/mol. The normalized spacial score (nSPS) is 38.6. The van der Waals surface area contributed by atoms with Crippen molar-refractivity contribution in [1.82, 2.24) is 4.90 Å². The summed E-state index contributed by atoms with van der Waals surface area (Å²) in [4.78, 5) is 14.1. The van der Waals surface area contributed by atoms with E-state index in [0.717, 1.165) is 38.3 Å². The Balaban J connectivity index is 2.03. The van der Waals surface area contributed by atoms with Crippen LogP contribution in [0.15, 0.2) is 0 Å². The molecule has 1 N–H and O–H groups in total. The zero-order chi connectivity index (χ0) is 13.2. The number of carbonyl (C=O) groups is 1. The Bertz CT molecular complexity index is 305. The molecule has 0 spiro atoms. The summed E-state index contributed by atoms with van der Waals surface area (Å²) in [5, 5.41) is 9.53. The van der Waals surface area contributed by atoms with Gasteiger partial charge in [-0.2, -0.15) is 0 Å². The van der Waals surface area contributed by atoms with E-state index < -0.39 is 11.4 Å². The molecule has 1 aliphatic heterocycles. The molecule has 0 bridgehead atoms. The maximum absolute atomic E-state index is 11.6. The quantitative estimate of drug-likeness (QED) is 0.840. The van der Waals surface area contributed by atoms with E-state index in [1.165, 1.54) is 25.7 Å². The third kappa shape index (κ3) is 2.71. The summed E-state index contributed by atoms with van der Waals surface area (Å²) < 4.78 is 0. The molecule has 1 aliphatic carbocycles. The van der Waals surface area contributed by atoms with Crippen molar-refractivity contribution in [3.05, 3.63) is 0 Å². The number of likely N-dealkylation sites (tertiary alicyclic amines) is 1. The first-order valence-electron chi connectivity index (χ1n) is 7.55. The van der Waals surface area contributed by atoms with Crippen molar-refractivity contribution in [2.24, 2.45) is 11.3 Å². The summed E-state index contributed by atoms with van der Waals surface area (Å²) in [5.41, 5.74) is -0.473. The average Bonchev–Trinajstić information content (AvgIpc) is 2.38. The largest absolute Gasteiger partial charge is 0.481 e. The van der Waals surface area contributed by atoms with E-state index in [1.807, 2.05) is 6.92 Å². The second-order valence-electron chi connectivity index (χ2n) is 6.44. The van der Waals surface area contributed by atoms with Gasteiger partial charge in [-0.15, -0.1) is 0 Å². The van der Waals surface area contributed by atoms with Crippen LogP contribution in [0.25, 0.3) is 0 Å². The summed E-state index contributed by atoms with van der Waals surface area (Å²) in [7, 11) is 0. The zero-order valence-electron chi connectivity index (χ0n) is 11.8. The van der Waals surface area contributed by atoms with E-state index in [4.69, 9.17) is 0 Å². The van der Waals surface area contributed by atoms with Crippen molar-refractivity contribution >= 4 is 5.97 Å². The van der Waals surface area contributed by atoms with Crippen molar-refractivity contribution in [2.75, 3.05) is 13.1 Å². The second kappa shape index (κ2) is 5.60. The van der Waals surface area contributed by atoms with Gasteiger partial charge in [0.15, 0.2) is 0 Å². The maximum Gasteiger partial charge on any atom is 0.310 e. The van der Waals surface area contributed by atoms with E-state index in [0.29, 0.717) is 6.04 Å². The van der Waals surface area contributed by atoms with Crippen LogP contribution in [0.3, 0.4) is 0 Å². The number of aliphatic carboxylic acids is 1. The third-order valence-electron chi connectivity index (χ3n) is 5.16. The SMILES string of the molecule is CCC1(C(=O)O)CCCN(C2CCCC(C)C2)C1. The van der Waals surface area contributed by atoms with Gasteiger partial charge in [0.05, 0.1) is 5.41 Å². The van der Waals surface area contributed by atoms with Crippen LogP contribution in [-0.4, -0.2) is 35.1 Å². The number of hydrogen-bond donors (Lipinski definition) is 1. The lowest BCUT2D eigenvalue weighted by Gasteiger charge is -2.45. The molecular weight excluding hydrogens is 226 g/mol. The smallest absolute Gasteiger partial charge is 0.310 e. The zero-order valence-corrected chi connectivity index (χ0v) is 11.8. The van der Waals surface area contributed by atoms with Crippen LogP contribution in [0.4, 0.5) is 0 Å². The van der Waals surface area contributed by atoms with Gasteiger partial charge in [-0.3, -0.25) is 9.69 Å². The van der Waals surface area contributed by atoms with Gasteiger partial charge in [0.2, 0.25) is 0 Å². The standard InChI is InChI=1S/C15H27NO2/c1-3-15(14(17)18)8-5-9-16(11-15)13-7-4-6-12(2)10-13/h12-13H,3-11H2,1-2H3,(H,17,18). The van der Waals surface area contributed by atoms with Crippen LogP contribution in [-0.2, 0) is 4.79 Å². The van der Waals surface area contributed by atoms with Crippen LogP contribution in [0.1, 0.15) is 58.8 Å². The minimum atomic E-state index is -0.585. The number of nitrogens with zero attached hydrogens (tertiary/aromatic N) is 1. The van der Waals surface area contributed by atoms with Crippen LogP contribution >= 0.6 is 0 Å². The lowest BCUT2D eigenvalue weighted by molar-refractivity contribution is -0.153. The number of piperidine rings is 1. The van der Waals surface area contributed by atoms with Crippen molar-refractivity contribution in [2.45, 2.75) is 64.8 Å². The molecule has 0 radical (unpaired) electrons. The highest BCUT2D eigenvalue weighted by Gasteiger charge is 2.42. The fourth-order valence-corrected chi connectivity index (χ4v) is 3.83. The van der Waals surface area contributed by atoms with E-state index in [-0.39, 0.29) is 0 Å². The molecule has 0 aromatic carbocycles. The highest BCUT2D eigenvalue weighted by molar-refractivity contribution is 5.75. The molecule has 3 heteroatoms. The Labute approximate surface area is 111 Å². The summed E-state index contributed by atoms with van der Waals surface area (Å²) in [6, 6.07) is 0.638. The van der Waals surface area contributed by atoms with Crippen molar-refractivity contribution in [3.8, 4) is 0 Å². The van der Waals surface area contributed by atoms with E-state index in [1.54, 1.807) is 0 Å². The Morgan fingerprint density at radius 1 is 1.39 bits per heavy atom. The first kappa shape index (κ1) is 13.9. The molecule has 2 fully saturated rings. The van der Waals surface area contributed by atoms with Crippen LogP contribution in [0.5, 0.6) is 0 Å². The molecule has 1 saturated carbocycles. The Morgan fingerprint density at radius 3 is 2.78 bits per heavy atom. The van der Waals surface area contributed by atoms with Crippen molar-refractivity contribution < 1.29 is 9.90 Å². The van der Waals surface area contributed by atoms with Crippen molar-refractivity contribution in [1.29, 1.82) is 0 Å². The lowest BCUT2D eigenvalue weighted by atomic mass is 9.76. The first-order valence-corrected chi connectivity index (χ1v) is 7.55. The molecule has 1 saturated heterocycles. The van der Waals surface area contributed by atoms with Gasteiger partial charge in [-0.25, -0.2) is 0 Å². The van der Waals surface area contributed by atoms with Gasteiger partial charge in [-0.1, -0.05) is 26.7 Å². The van der Waals surface area contributed by atoms with Crippen LogP contribution in [0.2, 0.25) is 0 Å². The molecule has 3 nitrogen and oxygen atoms in total. The highest BCUT2D eigenvalue weighted by Crippen LogP contribution is 2.37. The molecule has 1 heterocycles. The highest BCUT2D eigenvalue weighted by atomic mass is 16.4. The fraction of sp³-hybridized carbons (Fsp3) is 0.933. The summed E-state index contributed by atoms with van der Waals surface area (Å²) in [5.74, 6) is 0.227. The molecular formula is C15H27NO2. The molecule has 18 heavy (non-hydrogen) atoms. The number of hydrogen-bond acceptors (Lipinski definition) is 2. The first-order chi connectivity index (χ1) is 8.57. The predicted octanol–water partition coefficient (Wildman–Crippen LogP) is 3.14. The molecule has 104 valence electrons. The summed E-state index contributed by atoms with van der Waals surface area (Å²) >= 11 is 0. The van der Waals surface area contributed by atoms with Crippen LogP contribution in [0, 0.1) is 11.3 Å². The number of carboxylic acids is 1. The van der Waals surface area contributed by atoms with E-state index in [2.05, 4.69) is 11.8 Å². The van der Waals surface area contributed by atoms with E-state index in [9.17, 15) is 9.90 Å². The topological polar surface area (TPSA) is 40.5 Å². The Hall–Kier alpha value is -0.570. The second-order valence-corrected chi connectivity index (χ2v) is 6.44. The van der Waals surface area contributed by atoms with Gasteiger partial charge in [0, 0.05) is 12.6 Å². The third-order valence-corrected chi connectivity index (χ3v) is 5.16. The molecule has 2 aliphatic rings. The lowest BCUT2D eigenvalue weighted by Crippen LogP contribution is -2.52. The van der Waals surface area contributed by atoms with Gasteiger partial charge in [0.25, 0.3) is 0 Å². The molecule has 0 aromatic rings. The molecule has 0 aromatic heterocycles. The summed E-state index contributed by atoms with van der Waals surface area (Å²) in [6.07, 6.45) is 7.86. The molecule has 3 unspecified atom stereocenters. The number of carboxylic acid groups (broad SMARTS) is 1. The number of rotatable bonds is 3. The summed E-state index contributed by atoms with van der Waals surface area (Å²) in [6.45, 7) is 6.24. The fourth-order valence-electron chi connectivity index (χ4n) is 3.83. The molecule has 2 rings (SSSR count). The van der Waals surface area contributed by atoms with Gasteiger partial charge in [-0.05, 0) is 44.6 Å². The van der Waals surface area contributed by atoms with Gasteiger partial charge < -0.3 is 5.11 Å². The van der Waals surface area contributed by atoms with Gasteiger partial charge in [0.1, 0.15) is 0 Å². The minimum Gasteiger partial charge on any atom is -0.481 e. The average molecular weight is 253 g/mol. The Morgan fingerprint density at radius 2 is 2.17 bits per heavy atom. The monoisotopic (exact) mass is 253 g/mol. The molecule has 0 amide bonds. The molecule has 3 atom stereocenters.